The first-order valence-electron chi connectivity index (χ1n) is 9.59. The van der Waals surface area contributed by atoms with Gasteiger partial charge in [0.2, 0.25) is 5.88 Å². The molecule has 6 nitrogen and oxygen atoms in total. The Morgan fingerprint density at radius 1 is 0.967 bits per heavy atom. The molecule has 2 heterocycles. The summed E-state index contributed by atoms with van der Waals surface area (Å²) in [7, 11) is 1.64. The van der Waals surface area contributed by atoms with Crippen molar-refractivity contribution in [2.75, 3.05) is 19.0 Å². The van der Waals surface area contributed by atoms with Gasteiger partial charge in [-0.3, -0.25) is 0 Å². The van der Waals surface area contributed by atoms with Gasteiger partial charge in [-0.05, 0) is 42.3 Å². The largest absolute Gasteiger partial charge is 0.497 e. The predicted octanol–water partition coefficient (Wildman–Crippen LogP) is 5.36. The van der Waals surface area contributed by atoms with Gasteiger partial charge >= 0.3 is 0 Å². The van der Waals surface area contributed by atoms with E-state index in [1.807, 2.05) is 55.5 Å². The summed E-state index contributed by atoms with van der Waals surface area (Å²) in [6.07, 6.45) is 3.39. The molecule has 152 valence electrons. The third-order valence-electron chi connectivity index (χ3n) is 4.58. The fourth-order valence-electron chi connectivity index (χ4n) is 3.09. The predicted molar refractivity (Wildman–Crippen MR) is 119 cm³/mol. The molecule has 30 heavy (non-hydrogen) atoms. The molecule has 0 unspecified atom stereocenters. The summed E-state index contributed by atoms with van der Waals surface area (Å²) in [6.45, 7) is 3.13. The van der Waals surface area contributed by atoms with Crippen molar-refractivity contribution in [3.05, 3.63) is 71.5 Å². The van der Waals surface area contributed by atoms with Crippen molar-refractivity contribution in [3.8, 4) is 22.8 Å². The molecule has 2 aromatic heterocycles. The number of aromatic nitrogens is 3. The lowest BCUT2D eigenvalue weighted by molar-refractivity contribution is 0.295. The lowest BCUT2D eigenvalue weighted by Crippen LogP contribution is -2.03. The number of ether oxygens (including phenoxy) is 2. The number of hydrogen-bond donors (Lipinski definition) is 1. The van der Waals surface area contributed by atoms with Crippen molar-refractivity contribution in [2.24, 2.45) is 0 Å². The zero-order chi connectivity index (χ0) is 20.9. The number of rotatable bonds is 7. The van der Waals surface area contributed by atoms with E-state index in [0.717, 1.165) is 34.5 Å². The zero-order valence-corrected chi connectivity index (χ0v) is 17.5. The molecule has 0 saturated heterocycles. The summed E-state index contributed by atoms with van der Waals surface area (Å²) in [5.41, 5.74) is 4.11. The normalized spacial score (nSPS) is 10.8. The average molecular weight is 421 g/mol. The molecule has 0 radical (unpaired) electrons. The highest BCUT2D eigenvalue weighted by atomic mass is 35.5. The molecule has 0 aliphatic rings. The first-order chi connectivity index (χ1) is 14.7. The number of hydrogen-bond acceptors (Lipinski definition) is 6. The minimum atomic E-state index is 0.365. The summed E-state index contributed by atoms with van der Waals surface area (Å²) < 4.78 is 11.3. The second kappa shape index (κ2) is 8.97. The van der Waals surface area contributed by atoms with Gasteiger partial charge in [0, 0.05) is 11.6 Å². The molecule has 0 aliphatic heterocycles. The number of pyridine rings is 1. The minimum absolute atomic E-state index is 0.365. The molecular formula is C23H21ClN4O2. The van der Waals surface area contributed by atoms with E-state index in [1.54, 1.807) is 19.5 Å². The Balaban J connectivity index is 1.76. The first-order valence-corrected chi connectivity index (χ1v) is 9.97. The maximum absolute atomic E-state index is 6.12. The van der Waals surface area contributed by atoms with Crippen LogP contribution in [0.2, 0.25) is 5.02 Å². The number of anilines is 1. The third-order valence-corrected chi connectivity index (χ3v) is 4.83. The molecule has 0 bridgehead atoms. The molecule has 4 aromatic rings. The van der Waals surface area contributed by atoms with Gasteiger partial charge in [0.1, 0.15) is 29.2 Å². The van der Waals surface area contributed by atoms with Crippen molar-refractivity contribution in [1.29, 1.82) is 0 Å². The SMILES string of the molecule is CCNc1cnc2cnc(OCc3ccc(OC)cc3)c(-c3ccc(Cl)cc3)c2n1. The monoisotopic (exact) mass is 420 g/mol. The van der Waals surface area contributed by atoms with Crippen LogP contribution in [0.4, 0.5) is 5.82 Å². The number of halogens is 1. The van der Waals surface area contributed by atoms with Crippen molar-refractivity contribution in [2.45, 2.75) is 13.5 Å². The Labute approximate surface area is 179 Å². The molecule has 0 aliphatic carbocycles. The van der Waals surface area contributed by atoms with Crippen LogP contribution >= 0.6 is 11.6 Å². The van der Waals surface area contributed by atoms with Gasteiger partial charge in [0.15, 0.2) is 0 Å². The van der Waals surface area contributed by atoms with E-state index in [9.17, 15) is 0 Å². The topological polar surface area (TPSA) is 69.2 Å². The highest BCUT2D eigenvalue weighted by Crippen LogP contribution is 2.35. The highest BCUT2D eigenvalue weighted by Gasteiger charge is 2.16. The van der Waals surface area contributed by atoms with Crippen molar-refractivity contribution < 1.29 is 9.47 Å². The second-order valence-electron chi connectivity index (χ2n) is 6.60. The average Bonchev–Trinajstić information content (AvgIpc) is 2.78. The molecular weight excluding hydrogens is 400 g/mol. The number of fused-ring (bicyclic) bond motifs is 1. The fraction of sp³-hybridized carbons (Fsp3) is 0.174. The smallest absolute Gasteiger partial charge is 0.224 e. The van der Waals surface area contributed by atoms with Crippen LogP contribution in [-0.4, -0.2) is 28.6 Å². The quantitative estimate of drug-likeness (QED) is 0.433. The third kappa shape index (κ3) is 4.28. The Bertz CT molecular complexity index is 1150. The highest BCUT2D eigenvalue weighted by molar-refractivity contribution is 6.30. The number of nitrogens with one attached hydrogen (secondary N) is 1. The fourth-order valence-corrected chi connectivity index (χ4v) is 3.21. The molecule has 7 heteroatoms. The Morgan fingerprint density at radius 3 is 2.43 bits per heavy atom. The first kappa shape index (κ1) is 19.9. The van der Waals surface area contributed by atoms with E-state index in [-0.39, 0.29) is 0 Å². The standard InChI is InChI=1S/C23H21ClN4O2/c1-3-25-20-13-26-19-12-27-23(30-14-15-4-10-18(29-2)11-5-15)21(22(19)28-20)16-6-8-17(24)9-7-16/h4-13H,3,14H2,1-2H3,(H,25,28). The van der Waals surface area contributed by atoms with Gasteiger partial charge in [-0.1, -0.05) is 35.9 Å². The number of benzene rings is 2. The van der Waals surface area contributed by atoms with Crippen molar-refractivity contribution >= 4 is 28.5 Å². The van der Waals surface area contributed by atoms with Gasteiger partial charge in [0.25, 0.3) is 0 Å². The van der Waals surface area contributed by atoms with Crippen molar-refractivity contribution in [1.82, 2.24) is 15.0 Å². The summed E-state index contributed by atoms with van der Waals surface area (Å²) in [5.74, 6) is 1.99. The van der Waals surface area contributed by atoms with Crippen LogP contribution in [0.1, 0.15) is 12.5 Å². The van der Waals surface area contributed by atoms with Gasteiger partial charge < -0.3 is 14.8 Å². The molecule has 2 aromatic carbocycles. The molecule has 0 fully saturated rings. The van der Waals surface area contributed by atoms with E-state index in [4.69, 9.17) is 26.1 Å². The van der Waals surface area contributed by atoms with Crippen LogP contribution in [-0.2, 0) is 6.61 Å². The molecule has 0 saturated carbocycles. The van der Waals surface area contributed by atoms with Gasteiger partial charge in [-0.2, -0.15) is 0 Å². The minimum Gasteiger partial charge on any atom is -0.497 e. The second-order valence-corrected chi connectivity index (χ2v) is 7.04. The van der Waals surface area contributed by atoms with E-state index < -0.39 is 0 Å². The van der Waals surface area contributed by atoms with E-state index in [1.165, 1.54) is 0 Å². The van der Waals surface area contributed by atoms with Crippen LogP contribution in [0, 0.1) is 0 Å². The molecule has 0 amide bonds. The number of methoxy groups -OCH3 is 1. The molecule has 4 rings (SSSR count). The van der Waals surface area contributed by atoms with E-state index in [0.29, 0.717) is 28.8 Å². The molecule has 0 spiro atoms. The van der Waals surface area contributed by atoms with Crippen LogP contribution in [0.3, 0.4) is 0 Å². The summed E-state index contributed by atoms with van der Waals surface area (Å²) >= 11 is 6.09. The lowest BCUT2D eigenvalue weighted by Gasteiger charge is -2.14. The summed E-state index contributed by atoms with van der Waals surface area (Å²) in [4.78, 5) is 13.8. The summed E-state index contributed by atoms with van der Waals surface area (Å²) in [5, 5.41) is 3.87. The van der Waals surface area contributed by atoms with Crippen LogP contribution in [0.25, 0.3) is 22.2 Å². The molecule has 0 atom stereocenters. The maximum Gasteiger partial charge on any atom is 0.224 e. The Kier molecular flexibility index (Phi) is 5.95. The van der Waals surface area contributed by atoms with Crippen LogP contribution < -0.4 is 14.8 Å². The van der Waals surface area contributed by atoms with Crippen molar-refractivity contribution in [3.63, 3.8) is 0 Å². The Morgan fingerprint density at radius 2 is 1.73 bits per heavy atom. The van der Waals surface area contributed by atoms with Gasteiger partial charge in [0.05, 0.1) is 25.1 Å². The lowest BCUT2D eigenvalue weighted by atomic mass is 10.1. The summed E-state index contributed by atoms with van der Waals surface area (Å²) in [6, 6.07) is 15.3. The maximum atomic E-state index is 6.12. The number of nitrogens with zero attached hydrogens (tertiary/aromatic N) is 3. The zero-order valence-electron chi connectivity index (χ0n) is 16.7. The van der Waals surface area contributed by atoms with Gasteiger partial charge in [-0.15, -0.1) is 0 Å². The molecule has 1 N–H and O–H groups in total. The van der Waals surface area contributed by atoms with Gasteiger partial charge in [-0.25, -0.2) is 15.0 Å². The van der Waals surface area contributed by atoms with Crippen LogP contribution in [0.15, 0.2) is 60.9 Å². The van der Waals surface area contributed by atoms with Crippen LogP contribution in [0.5, 0.6) is 11.6 Å². The Hall–Kier alpha value is -3.38. The van der Waals surface area contributed by atoms with E-state index in [2.05, 4.69) is 15.3 Å². The van der Waals surface area contributed by atoms with E-state index >= 15 is 0 Å².